The van der Waals surface area contributed by atoms with Gasteiger partial charge in [0.2, 0.25) is 0 Å². The van der Waals surface area contributed by atoms with Crippen LogP contribution in [0.5, 0.6) is 5.75 Å². The number of benzene rings is 1. The van der Waals surface area contributed by atoms with E-state index in [1.54, 1.807) is 13.3 Å². The smallest absolute Gasteiger partial charge is 0.164 e. The van der Waals surface area contributed by atoms with E-state index in [0.29, 0.717) is 16.7 Å². The van der Waals surface area contributed by atoms with Gasteiger partial charge in [0.25, 0.3) is 0 Å². The van der Waals surface area contributed by atoms with Crippen molar-refractivity contribution in [1.29, 1.82) is 0 Å². The zero-order valence-corrected chi connectivity index (χ0v) is 12.2. The van der Waals surface area contributed by atoms with Crippen molar-refractivity contribution in [2.24, 2.45) is 0 Å². The van der Waals surface area contributed by atoms with Crippen LogP contribution in [0, 0.1) is 0 Å². The van der Waals surface area contributed by atoms with Gasteiger partial charge in [0.05, 0.1) is 23.7 Å². The van der Waals surface area contributed by atoms with E-state index in [0.717, 1.165) is 22.7 Å². The van der Waals surface area contributed by atoms with Crippen molar-refractivity contribution in [3.63, 3.8) is 0 Å². The van der Waals surface area contributed by atoms with E-state index >= 15 is 0 Å². The molecule has 2 aromatic heterocycles. The SMILES string of the molecule is COc1ccc(-n2c(CCl)nc3cccnc32)cc1Cl. The summed E-state index contributed by atoms with van der Waals surface area (Å²) in [6.07, 6.45) is 1.73. The van der Waals surface area contributed by atoms with E-state index in [2.05, 4.69) is 9.97 Å². The molecular formula is C14H11Cl2N3O. The van der Waals surface area contributed by atoms with Crippen LogP contribution < -0.4 is 4.74 Å². The molecule has 0 bridgehead atoms. The predicted octanol–water partition coefficient (Wildman–Crippen LogP) is 3.82. The van der Waals surface area contributed by atoms with E-state index in [1.165, 1.54) is 0 Å². The normalized spacial score (nSPS) is 10.9. The molecule has 4 nitrogen and oxygen atoms in total. The lowest BCUT2D eigenvalue weighted by atomic mass is 10.3. The number of hydrogen-bond donors (Lipinski definition) is 0. The fourth-order valence-corrected chi connectivity index (χ4v) is 2.55. The molecule has 0 aliphatic heterocycles. The van der Waals surface area contributed by atoms with Crippen LogP contribution in [0.4, 0.5) is 0 Å². The molecule has 0 aliphatic rings. The van der Waals surface area contributed by atoms with E-state index in [-0.39, 0.29) is 0 Å². The van der Waals surface area contributed by atoms with Gasteiger partial charge >= 0.3 is 0 Å². The Morgan fingerprint density at radius 1 is 1.30 bits per heavy atom. The summed E-state index contributed by atoms with van der Waals surface area (Å²) < 4.78 is 7.06. The number of rotatable bonds is 3. The molecule has 6 heteroatoms. The Morgan fingerprint density at radius 2 is 2.15 bits per heavy atom. The van der Waals surface area contributed by atoms with Gasteiger partial charge in [0, 0.05) is 6.20 Å². The minimum Gasteiger partial charge on any atom is -0.495 e. The van der Waals surface area contributed by atoms with Crippen LogP contribution in [0.25, 0.3) is 16.9 Å². The van der Waals surface area contributed by atoms with Crippen LogP contribution in [0.2, 0.25) is 5.02 Å². The molecule has 0 saturated heterocycles. The molecule has 20 heavy (non-hydrogen) atoms. The van der Waals surface area contributed by atoms with Crippen LogP contribution in [0.1, 0.15) is 5.82 Å². The number of fused-ring (bicyclic) bond motifs is 1. The Morgan fingerprint density at radius 3 is 2.85 bits per heavy atom. The maximum atomic E-state index is 6.18. The zero-order chi connectivity index (χ0) is 14.1. The number of hydrogen-bond acceptors (Lipinski definition) is 3. The summed E-state index contributed by atoms with van der Waals surface area (Å²) in [6, 6.07) is 9.27. The number of aromatic nitrogens is 3. The lowest BCUT2D eigenvalue weighted by molar-refractivity contribution is 0.415. The molecule has 0 amide bonds. The highest BCUT2D eigenvalue weighted by atomic mass is 35.5. The van der Waals surface area contributed by atoms with E-state index in [4.69, 9.17) is 27.9 Å². The van der Waals surface area contributed by atoms with Crippen molar-refractivity contribution < 1.29 is 4.74 Å². The van der Waals surface area contributed by atoms with Crippen molar-refractivity contribution in [2.75, 3.05) is 7.11 Å². The van der Waals surface area contributed by atoms with Crippen LogP contribution in [0.15, 0.2) is 36.5 Å². The molecule has 0 unspecified atom stereocenters. The lowest BCUT2D eigenvalue weighted by Crippen LogP contribution is -2.00. The first-order valence-corrected chi connectivity index (χ1v) is 6.88. The molecule has 2 heterocycles. The topological polar surface area (TPSA) is 39.9 Å². The molecular weight excluding hydrogens is 297 g/mol. The zero-order valence-electron chi connectivity index (χ0n) is 10.7. The fourth-order valence-electron chi connectivity index (χ4n) is 2.11. The molecule has 0 N–H and O–H groups in total. The molecule has 0 aliphatic carbocycles. The summed E-state index contributed by atoms with van der Waals surface area (Å²) >= 11 is 12.2. The van der Waals surface area contributed by atoms with Gasteiger partial charge in [-0.3, -0.25) is 4.57 Å². The lowest BCUT2D eigenvalue weighted by Gasteiger charge is -2.09. The summed E-state index contributed by atoms with van der Waals surface area (Å²) in [7, 11) is 1.58. The molecule has 102 valence electrons. The summed E-state index contributed by atoms with van der Waals surface area (Å²) in [5.74, 6) is 1.64. The molecule has 0 atom stereocenters. The summed E-state index contributed by atoms with van der Waals surface area (Å²) in [6.45, 7) is 0. The first-order valence-electron chi connectivity index (χ1n) is 5.97. The maximum Gasteiger partial charge on any atom is 0.164 e. The number of ether oxygens (including phenoxy) is 1. The third-order valence-electron chi connectivity index (χ3n) is 3.00. The number of methoxy groups -OCH3 is 1. The van der Waals surface area contributed by atoms with Gasteiger partial charge in [-0.1, -0.05) is 11.6 Å². The van der Waals surface area contributed by atoms with Gasteiger partial charge in [-0.15, -0.1) is 11.6 Å². The van der Waals surface area contributed by atoms with Gasteiger partial charge in [0.1, 0.15) is 17.1 Å². The quantitative estimate of drug-likeness (QED) is 0.691. The van der Waals surface area contributed by atoms with Gasteiger partial charge in [-0.25, -0.2) is 9.97 Å². The number of halogens is 2. The summed E-state index contributed by atoms with van der Waals surface area (Å²) in [5.41, 5.74) is 2.41. The van der Waals surface area contributed by atoms with Crippen LogP contribution >= 0.6 is 23.2 Å². The minimum atomic E-state index is 0.292. The molecule has 0 radical (unpaired) electrons. The fraction of sp³-hybridized carbons (Fsp3) is 0.143. The van der Waals surface area contributed by atoms with E-state index in [9.17, 15) is 0 Å². The van der Waals surface area contributed by atoms with Crippen LogP contribution in [-0.2, 0) is 5.88 Å². The molecule has 0 saturated carbocycles. The average Bonchev–Trinajstić information content (AvgIpc) is 2.85. The second-order valence-corrected chi connectivity index (χ2v) is 4.84. The molecule has 0 fully saturated rings. The summed E-state index contributed by atoms with van der Waals surface area (Å²) in [4.78, 5) is 8.84. The number of pyridine rings is 1. The highest BCUT2D eigenvalue weighted by molar-refractivity contribution is 6.32. The Hall–Kier alpha value is -1.78. The van der Waals surface area contributed by atoms with Crippen LogP contribution in [-0.4, -0.2) is 21.6 Å². The molecule has 3 aromatic rings. The Labute approximate surface area is 125 Å². The predicted molar refractivity (Wildman–Crippen MR) is 80.0 cm³/mol. The van der Waals surface area contributed by atoms with Gasteiger partial charge in [-0.05, 0) is 30.3 Å². The standard InChI is InChI=1S/C14H11Cl2N3O/c1-20-12-5-4-9(7-10(12)16)19-13(8-15)18-11-3-2-6-17-14(11)19/h2-7H,8H2,1H3. The largest absolute Gasteiger partial charge is 0.495 e. The Bertz CT molecular complexity index is 770. The average molecular weight is 308 g/mol. The Kier molecular flexibility index (Phi) is 3.51. The van der Waals surface area contributed by atoms with Gasteiger partial charge < -0.3 is 4.74 Å². The van der Waals surface area contributed by atoms with Gasteiger partial charge in [-0.2, -0.15) is 0 Å². The van der Waals surface area contributed by atoms with Crippen molar-refractivity contribution in [3.8, 4) is 11.4 Å². The second-order valence-electron chi connectivity index (χ2n) is 4.16. The molecule has 3 rings (SSSR count). The van der Waals surface area contributed by atoms with Gasteiger partial charge in [0.15, 0.2) is 5.65 Å². The van der Waals surface area contributed by atoms with Crippen molar-refractivity contribution in [3.05, 3.63) is 47.4 Å². The number of alkyl halides is 1. The maximum absolute atomic E-state index is 6.18. The monoisotopic (exact) mass is 307 g/mol. The first-order chi connectivity index (χ1) is 9.74. The molecule has 1 aromatic carbocycles. The second kappa shape index (κ2) is 5.31. The molecule has 0 spiro atoms. The van der Waals surface area contributed by atoms with Crippen molar-refractivity contribution in [2.45, 2.75) is 5.88 Å². The summed E-state index contributed by atoms with van der Waals surface area (Å²) in [5, 5.41) is 0.531. The Balaban J connectivity index is 2.25. The number of nitrogens with zero attached hydrogens (tertiary/aromatic N) is 3. The third-order valence-corrected chi connectivity index (χ3v) is 3.53. The third kappa shape index (κ3) is 2.11. The van der Waals surface area contributed by atoms with E-state index in [1.807, 2.05) is 34.9 Å². The highest BCUT2D eigenvalue weighted by Gasteiger charge is 2.13. The minimum absolute atomic E-state index is 0.292. The van der Waals surface area contributed by atoms with E-state index < -0.39 is 0 Å². The highest BCUT2D eigenvalue weighted by Crippen LogP contribution is 2.29. The first kappa shape index (κ1) is 13.2. The van der Waals surface area contributed by atoms with Crippen LogP contribution in [0.3, 0.4) is 0 Å². The number of imidazole rings is 1. The van der Waals surface area contributed by atoms with Crippen molar-refractivity contribution >= 4 is 34.4 Å². The van der Waals surface area contributed by atoms with Crippen molar-refractivity contribution in [1.82, 2.24) is 14.5 Å².